The molecule has 0 spiro atoms. The molecule has 0 unspecified atom stereocenters. The van der Waals surface area contributed by atoms with Crippen LogP contribution >= 0.6 is 15.9 Å². The van der Waals surface area contributed by atoms with Gasteiger partial charge in [-0.15, -0.1) is 0 Å². The summed E-state index contributed by atoms with van der Waals surface area (Å²) in [6.07, 6.45) is 9.65. The number of carbonyl (C=O) groups is 2. The van der Waals surface area contributed by atoms with Gasteiger partial charge in [-0.25, -0.2) is 0 Å². The van der Waals surface area contributed by atoms with Crippen LogP contribution in [0.25, 0.3) is 16.5 Å². The van der Waals surface area contributed by atoms with Crippen molar-refractivity contribution < 1.29 is 9.59 Å². The first-order valence-corrected chi connectivity index (χ1v) is 14.3. The molecule has 10 heteroatoms. The van der Waals surface area contributed by atoms with Crippen molar-refractivity contribution in [3.63, 3.8) is 0 Å². The highest BCUT2D eigenvalue weighted by Gasteiger charge is 2.28. The summed E-state index contributed by atoms with van der Waals surface area (Å²) in [5.41, 5.74) is 11.5. The topological polar surface area (TPSA) is 112 Å². The van der Waals surface area contributed by atoms with E-state index in [9.17, 15) is 9.59 Å². The summed E-state index contributed by atoms with van der Waals surface area (Å²) in [5.74, 6) is 0.0609. The molecule has 0 bridgehead atoms. The molecular weight excluding hydrogens is 558 g/mol. The van der Waals surface area contributed by atoms with Gasteiger partial charge in [0.15, 0.2) is 0 Å². The zero-order valence-electron chi connectivity index (χ0n) is 23.3. The molecule has 5 rings (SSSR count). The van der Waals surface area contributed by atoms with Crippen LogP contribution < -0.4 is 11.1 Å². The van der Waals surface area contributed by atoms with Crippen LogP contribution in [0.15, 0.2) is 47.3 Å². The van der Waals surface area contributed by atoms with Gasteiger partial charge in [-0.05, 0) is 60.1 Å². The summed E-state index contributed by atoms with van der Waals surface area (Å²) in [6, 6.07) is 6.10. The van der Waals surface area contributed by atoms with Gasteiger partial charge >= 0.3 is 0 Å². The van der Waals surface area contributed by atoms with Crippen molar-refractivity contribution in [3.05, 3.63) is 69.9 Å². The van der Waals surface area contributed by atoms with E-state index in [-0.39, 0.29) is 5.91 Å². The van der Waals surface area contributed by atoms with Gasteiger partial charge in [-0.3, -0.25) is 9.48 Å². The molecule has 210 valence electrons. The Labute approximate surface area is 239 Å². The van der Waals surface area contributed by atoms with E-state index in [4.69, 9.17) is 5.73 Å². The Kier molecular flexibility index (Phi) is 11.4. The van der Waals surface area contributed by atoms with Crippen LogP contribution in [-0.2, 0) is 24.4 Å². The van der Waals surface area contributed by atoms with Crippen LogP contribution in [0.1, 0.15) is 60.9 Å². The van der Waals surface area contributed by atoms with E-state index >= 15 is 0 Å². The molecule has 2 aliphatic rings. The molecule has 0 fully saturated rings. The highest BCUT2D eigenvalue weighted by atomic mass is 79.9. The summed E-state index contributed by atoms with van der Waals surface area (Å²) in [6.45, 7) is 10.8. The van der Waals surface area contributed by atoms with Gasteiger partial charge in [-0.2, -0.15) is 5.10 Å². The Morgan fingerprint density at radius 1 is 1.23 bits per heavy atom. The molecule has 1 amide bonds. The molecule has 3 aromatic rings. The quantitative estimate of drug-likeness (QED) is 0.270. The minimum Gasteiger partial charge on any atom is -0.403 e. The minimum absolute atomic E-state index is 0.0609. The number of nitrogens with two attached hydrogens (primary N) is 1. The van der Waals surface area contributed by atoms with E-state index < -0.39 is 0 Å². The van der Waals surface area contributed by atoms with Gasteiger partial charge in [-0.1, -0.05) is 19.9 Å². The Bertz CT molecular complexity index is 1320. The van der Waals surface area contributed by atoms with Crippen LogP contribution in [0.5, 0.6) is 0 Å². The van der Waals surface area contributed by atoms with E-state index in [1.54, 1.807) is 6.20 Å². The number of hydrogen-bond acceptors (Lipinski definition) is 6. The fourth-order valence-corrected chi connectivity index (χ4v) is 5.26. The molecule has 39 heavy (non-hydrogen) atoms. The number of likely N-dealkylation sites (N-methyl/N-ethyl adjacent to an activating group) is 1. The predicted molar refractivity (Wildman–Crippen MR) is 161 cm³/mol. The van der Waals surface area contributed by atoms with Crippen LogP contribution in [0, 0.1) is 0 Å². The number of rotatable bonds is 7. The summed E-state index contributed by atoms with van der Waals surface area (Å²) < 4.78 is 2.90. The van der Waals surface area contributed by atoms with Gasteiger partial charge in [0, 0.05) is 78.2 Å². The Morgan fingerprint density at radius 3 is 2.72 bits per heavy atom. The zero-order chi connectivity index (χ0) is 28.4. The number of halogens is 1. The normalized spacial score (nSPS) is 14.8. The van der Waals surface area contributed by atoms with Gasteiger partial charge in [0.25, 0.3) is 5.91 Å². The average Bonchev–Trinajstić information content (AvgIpc) is 3.67. The maximum Gasteiger partial charge on any atom is 0.254 e. The van der Waals surface area contributed by atoms with Gasteiger partial charge in [0.1, 0.15) is 6.29 Å². The Hall–Kier alpha value is -3.37. The van der Waals surface area contributed by atoms with E-state index in [2.05, 4.69) is 62.3 Å². The maximum atomic E-state index is 13.2. The molecule has 4 N–H and O–H groups in total. The number of benzene rings is 1. The van der Waals surface area contributed by atoms with Crippen molar-refractivity contribution in [2.75, 3.05) is 26.7 Å². The van der Waals surface area contributed by atoms with Gasteiger partial charge in [0.2, 0.25) is 0 Å². The highest BCUT2D eigenvalue weighted by molar-refractivity contribution is 9.10. The number of hydrogen-bond donors (Lipinski definition) is 3. The first-order chi connectivity index (χ1) is 18.9. The lowest BCUT2D eigenvalue weighted by Gasteiger charge is -2.22. The third-order valence-corrected chi connectivity index (χ3v) is 7.18. The lowest BCUT2D eigenvalue weighted by Crippen LogP contribution is -2.26. The second-order valence-electron chi connectivity index (χ2n) is 9.22. The second-order valence-corrected chi connectivity index (χ2v) is 10.1. The largest absolute Gasteiger partial charge is 0.403 e. The van der Waals surface area contributed by atoms with Crippen LogP contribution in [0.4, 0.5) is 0 Å². The number of H-pyrrole nitrogens is 1. The smallest absolute Gasteiger partial charge is 0.254 e. The van der Waals surface area contributed by atoms with Crippen LogP contribution in [-0.4, -0.2) is 63.4 Å². The molecule has 0 saturated heterocycles. The number of nitrogens with zero attached hydrogens (tertiary/aromatic N) is 4. The van der Waals surface area contributed by atoms with E-state index in [1.807, 2.05) is 41.8 Å². The lowest BCUT2D eigenvalue weighted by atomic mass is 10.1. The lowest BCUT2D eigenvalue weighted by molar-refractivity contribution is -0.107. The Morgan fingerprint density at radius 2 is 2.03 bits per heavy atom. The maximum absolute atomic E-state index is 13.2. The summed E-state index contributed by atoms with van der Waals surface area (Å²) in [4.78, 5) is 30.6. The standard InChI is InChI=1S/C22H24BrN5O.C5H10N2O.C2H6/c1-3-28-20-13-27(12-17(20)10-24-28)22(29)16-7-15-9-19(25-21(15)18(23)8-16)14-5-4-6-26(2)11-14;6-2-4-7-3-1-5-8;1-2/h5,7-10,25H,3-4,6,11-13H2,1-2H3;2,4-5,7H,1,3,6H2;1-2H3/b;4-2-;. The molecule has 0 radical (unpaired) electrons. The fraction of sp³-hybridized carbons (Fsp3) is 0.414. The highest BCUT2D eigenvalue weighted by Crippen LogP contribution is 2.31. The molecule has 0 saturated carbocycles. The van der Waals surface area contributed by atoms with E-state index in [0.717, 1.165) is 64.7 Å². The number of aromatic nitrogens is 3. The minimum atomic E-state index is 0.0609. The first kappa shape index (κ1) is 30.2. The molecule has 9 nitrogen and oxygen atoms in total. The summed E-state index contributed by atoms with van der Waals surface area (Å²) in [5, 5.41) is 8.25. The van der Waals surface area contributed by atoms with Crippen molar-refractivity contribution in [1.82, 2.24) is 29.9 Å². The second kappa shape index (κ2) is 14.7. The van der Waals surface area contributed by atoms with Crippen molar-refractivity contribution in [2.45, 2.75) is 53.2 Å². The van der Waals surface area contributed by atoms with E-state index in [0.29, 0.717) is 31.6 Å². The third kappa shape index (κ3) is 7.39. The number of aromatic amines is 1. The monoisotopic (exact) mass is 597 g/mol. The van der Waals surface area contributed by atoms with Crippen molar-refractivity contribution >= 4 is 44.6 Å². The van der Waals surface area contributed by atoms with Crippen molar-refractivity contribution in [1.29, 1.82) is 0 Å². The number of amides is 1. The summed E-state index contributed by atoms with van der Waals surface area (Å²) in [7, 11) is 2.15. The van der Waals surface area contributed by atoms with Crippen LogP contribution in [0.3, 0.4) is 0 Å². The number of aryl methyl sites for hydroxylation is 1. The fourth-order valence-electron chi connectivity index (χ4n) is 4.68. The van der Waals surface area contributed by atoms with Gasteiger partial charge in [0.05, 0.1) is 24.0 Å². The average molecular weight is 599 g/mol. The summed E-state index contributed by atoms with van der Waals surface area (Å²) >= 11 is 3.67. The molecule has 2 aliphatic heterocycles. The molecule has 4 heterocycles. The zero-order valence-corrected chi connectivity index (χ0v) is 24.9. The number of carbonyl (C=O) groups excluding carboxylic acids is 2. The molecule has 0 atom stereocenters. The Balaban J connectivity index is 0.000000364. The van der Waals surface area contributed by atoms with E-state index in [1.165, 1.54) is 11.8 Å². The first-order valence-electron chi connectivity index (χ1n) is 13.5. The number of nitrogens with one attached hydrogen (secondary N) is 2. The van der Waals surface area contributed by atoms with Crippen molar-refractivity contribution in [2.24, 2.45) is 5.73 Å². The molecular formula is C29H40BrN7O2. The molecule has 2 aromatic heterocycles. The third-order valence-electron chi connectivity index (χ3n) is 6.56. The molecule has 0 aliphatic carbocycles. The van der Waals surface area contributed by atoms with Gasteiger partial charge < -0.3 is 30.6 Å². The predicted octanol–water partition coefficient (Wildman–Crippen LogP) is 4.64. The van der Waals surface area contributed by atoms with Crippen LogP contribution in [0.2, 0.25) is 0 Å². The number of aldehydes is 1. The number of fused-ring (bicyclic) bond motifs is 2. The van der Waals surface area contributed by atoms with Crippen molar-refractivity contribution in [3.8, 4) is 0 Å². The molecule has 1 aromatic carbocycles. The SMILES string of the molecule is CC.CCn1ncc2c1CN(C(=O)c1cc(Br)c3[nH]c(C4=CCCN(C)C4)cc3c1)C2.N/C=C\NCCC=O.